The van der Waals surface area contributed by atoms with Crippen LogP contribution in [0.3, 0.4) is 0 Å². The topological polar surface area (TPSA) is 102 Å². The predicted octanol–water partition coefficient (Wildman–Crippen LogP) is 1.45. The SMILES string of the molecule is C=C/C=C\C(O)=C(/N)C(=O)NC1CCC(OC(C)=O)CC1. The average Bonchev–Trinajstić information content (AvgIpc) is 2.45. The molecule has 0 bridgehead atoms. The molecule has 0 radical (unpaired) electrons. The minimum absolute atomic E-state index is 0.0287. The van der Waals surface area contributed by atoms with Crippen LogP contribution in [0, 0.1) is 0 Å². The van der Waals surface area contributed by atoms with Crippen LogP contribution >= 0.6 is 0 Å². The molecule has 0 heterocycles. The number of aliphatic hydroxyl groups is 1. The number of hydrogen-bond acceptors (Lipinski definition) is 5. The summed E-state index contributed by atoms with van der Waals surface area (Å²) < 4.78 is 5.13. The van der Waals surface area contributed by atoms with E-state index in [2.05, 4.69) is 11.9 Å². The fourth-order valence-corrected chi connectivity index (χ4v) is 2.19. The molecule has 1 rings (SSSR count). The molecule has 6 heteroatoms. The van der Waals surface area contributed by atoms with Gasteiger partial charge in [-0.3, -0.25) is 9.59 Å². The summed E-state index contributed by atoms with van der Waals surface area (Å²) in [6.07, 6.45) is 7.01. The molecule has 1 amide bonds. The number of allylic oxidation sites excluding steroid dienone is 3. The Balaban J connectivity index is 2.48. The molecule has 4 N–H and O–H groups in total. The maximum atomic E-state index is 11.9. The summed E-state index contributed by atoms with van der Waals surface area (Å²) in [6, 6.07) is -0.0287. The molecule has 0 saturated heterocycles. The number of amides is 1. The number of nitrogens with one attached hydrogen (secondary N) is 1. The van der Waals surface area contributed by atoms with Crippen LogP contribution in [0.4, 0.5) is 0 Å². The highest BCUT2D eigenvalue weighted by atomic mass is 16.5. The van der Waals surface area contributed by atoms with Gasteiger partial charge in [-0.05, 0) is 31.8 Å². The fraction of sp³-hybridized carbons (Fsp3) is 0.467. The van der Waals surface area contributed by atoms with Gasteiger partial charge in [-0.1, -0.05) is 18.7 Å². The van der Waals surface area contributed by atoms with E-state index in [4.69, 9.17) is 10.5 Å². The first-order valence-corrected chi connectivity index (χ1v) is 6.90. The van der Waals surface area contributed by atoms with Crippen molar-refractivity contribution in [3.05, 3.63) is 36.3 Å². The zero-order chi connectivity index (χ0) is 15.8. The van der Waals surface area contributed by atoms with Crippen molar-refractivity contribution in [3.8, 4) is 0 Å². The highest BCUT2D eigenvalue weighted by Gasteiger charge is 2.25. The Hall–Kier alpha value is -2.24. The van der Waals surface area contributed by atoms with Crippen LogP contribution in [0.15, 0.2) is 36.3 Å². The van der Waals surface area contributed by atoms with Crippen LogP contribution in [0.25, 0.3) is 0 Å². The molecule has 0 aliphatic heterocycles. The number of carbonyl (C=O) groups excluding carboxylic acids is 2. The van der Waals surface area contributed by atoms with Crippen LogP contribution in [0.5, 0.6) is 0 Å². The normalized spacial score (nSPS) is 23.3. The number of nitrogens with two attached hydrogens (primary N) is 1. The van der Waals surface area contributed by atoms with Crippen molar-refractivity contribution in [2.75, 3.05) is 0 Å². The van der Waals surface area contributed by atoms with Crippen LogP contribution in [-0.2, 0) is 14.3 Å². The summed E-state index contributed by atoms with van der Waals surface area (Å²) in [5.41, 5.74) is 5.35. The van der Waals surface area contributed by atoms with Gasteiger partial charge in [0.05, 0.1) is 0 Å². The van der Waals surface area contributed by atoms with Gasteiger partial charge < -0.3 is 20.9 Å². The van der Waals surface area contributed by atoms with Gasteiger partial charge in [0.2, 0.25) is 0 Å². The van der Waals surface area contributed by atoms with E-state index in [9.17, 15) is 14.7 Å². The number of esters is 1. The molecule has 1 saturated carbocycles. The number of aliphatic hydroxyl groups excluding tert-OH is 1. The second-order valence-electron chi connectivity index (χ2n) is 4.95. The molecule has 1 fully saturated rings. The van der Waals surface area contributed by atoms with Crippen LogP contribution < -0.4 is 11.1 Å². The Morgan fingerprint density at radius 1 is 1.33 bits per heavy atom. The monoisotopic (exact) mass is 294 g/mol. The first-order chi connectivity index (χ1) is 9.93. The molecule has 0 atom stereocenters. The third kappa shape index (κ3) is 5.72. The fourth-order valence-electron chi connectivity index (χ4n) is 2.19. The number of rotatable bonds is 5. The third-order valence-corrected chi connectivity index (χ3v) is 3.25. The largest absolute Gasteiger partial charge is 0.506 e. The standard InChI is InChI=1S/C15H22N2O4/c1-3-4-5-13(19)14(16)15(20)17-11-6-8-12(9-7-11)21-10(2)18/h3-5,11-12,19H,1,6-9,16H2,2H3,(H,17,20)/b5-4-,14-13+. The quantitative estimate of drug-likeness (QED) is 0.308. The maximum Gasteiger partial charge on any atom is 0.302 e. The van der Waals surface area contributed by atoms with Crippen molar-refractivity contribution in [1.82, 2.24) is 5.32 Å². The van der Waals surface area contributed by atoms with E-state index in [0.717, 1.165) is 0 Å². The molecular formula is C15H22N2O4. The lowest BCUT2D eigenvalue weighted by atomic mass is 9.93. The van der Waals surface area contributed by atoms with Gasteiger partial charge in [0, 0.05) is 13.0 Å². The minimum Gasteiger partial charge on any atom is -0.506 e. The summed E-state index contributed by atoms with van der Waals surface area (Å²) in [7, 11) is 0. The van der Waals surface area contributed by atoms with Crippen molar-refractivity contribution in [1.29, 1.82) is 0 Å². The van der Waals surface area contributed by atoms with Gasteiger partial charge in [-0.2, -0.15) is 0 Å². The summed E-state index contributed by atoms with van der Waals surface area (Å²) in [4.78, 5) is 22.7. The highest BCUT2D eigenvalue weighted by Crippen LogP contribution is 2.21. The molecule has 116 valence electrons. The van der Waals surface area contributed by atoms with Crippen molar-refractivity contribution >= 4 is 11.9 Å². The lowest BCUT2D eigenvalue weighted by Gasteiger charge is -2.28. The lowest BCUT2D eigenvalue weighted by molar-refractivity contribution is -0.148. The zero-order valence-corrected chi connectivity index (χ0v) is 12.2. The lowest BCUT2D eigenvalue weighted by Crippen LogP contribution is -2.41. The van der Waals surface area contributed by atoms with E-state index in [1.54, 1.807) is 0 Å². The smallest absolute Gasteiger partial charge is 0.302 e. The molecule has 0 aromatic carbocycles. The molecule has 0 aromatic rings. The summed E-state index contributed by atoms with van der Waals surface area (Å²) in [5, 5.41) is 12.4. The van der Waals surface area contributed by atoms with E-state index in [0.29, 0.717) is 25.7 Å². The molecule has 1 aliphatic carbocycles. The molecule has 6 nitrogen and oxygen atoms in total. The summed E-state index contributed by atoms with van der Waals surface area (Å²) in [6.45, 7) is 4.85. The molecule has 1 aliphatic rings. The Bertz CT molecular complexity index is 460. The number of ether oxygens (including phenoxy) is 1. The van der Waals surface area contributed by atoms with Crippen LogP contribution in [-0.4, -0.2) is 29.1 Å². The van der Waals surface area contributed by atoms with Gasteiger partial charge in [0.1, 0.15) is 17.6 Å². The van der Waals surface area contributed by atoms with Gasteiger partial charge >= 0.3 is 5.97 Å². The number of hydrogen-bond donors (Lipinski definition) is 3. The molecule has 21 heavy (non-hydrogen) atoms. The summed E-state index contributed by atoms with van der Waals surface area (Å²) >= 11 is 0. The van der Waals surface area contributed by atoms with Gasteiger partial charge in [-0.15, -0.1) is 0 Å². The minimum atomic E-state index is -0.503. The Morgan fingerprint density at radius 2 is 1.95 bits per heavy atom. The molecule has 0 aromatic heterocycles. The second-order valence-corrected chi connectivity index (χ2v) is 4.95. The Morgan fingerprint density at radius 3 is 2.48 bits per heavy atom. The number of carbonyl (C=O) groups is 2. The van der Waals surface area contributed by atoms with E-state index in [1.807, 2.05) is 0 Å². The van der Waals surface area contributed by atoms with Crippen LogP contribution in [0.2, 0.25) is 0 Å². The van der Waals surface area contributed by atoms with Crippen molar-refractivity contribution in [2.45, 2.75) is 44.8 Å². The van der Waals surface area contributed by atoms with E-state index >= 15 is 0 Å². The second kappa shape index (κ2) is 8.14. The van der Waals surface area contributed by atoms with Crippen LogP contribution in [0.1, 0.15) is 32.6 Å². The molecular weight excluding hydrogens is 272 g/mol. The zero-order valence-electron chi connectivity index (χ0n) is 12.2. The Kier molecular flexibility index (Phi) is 6.52. The van der Waals surface area contributed by atoms with E-state index < -0.39 is 5.91 Å². The average molecular weight is 294 g/mol. The highest BCUT2D eigenvalue weighted by molar-refractivity contribution is 5.93. The molecule has 0 unspecified atom stereocenters. The van der Waals surface area contributed by atoms with Gasteiger partial charge in [-0.25, -0.2) is 0 Å². The predicted molar refractivity (Wildman–Crippen MR) is 79.1 cm³/mol. The third-order valence-electron chi connectivity index (χ3n) is 3.25. The van der Waals surface area contributed by atoms with Gasteiger partial charge in [0.15, 0.2) is 0 Å². The van der Waals surface area contributed by atoms with Crippen molar-refractivity contribution in [2.24, 2.45) is 5.73 Å². The first kappa shape index (κ1) is 16.8. The first-order valence-electron chi connectivity index (χ1n) is 6.90. The molecule has 0 spiro atoms. The van der Waals surface area contributed by atoms with Crippen molar-refractivity contribution in [3.63, 3.8) is 0 Å². The van der Waals surface area contributed by atoms with E-state index in [-0.39, 0.29) is 29.6 Å². The van der Waals surface area contributed by atoms with Crippen molar-refractivity contribution < 1.29 is 19.4 Å². The summed E-state index contributed by atoms with van der Waals surface area (Å²) in [5.74, 6) is -1.08. The van der Waals surface area contributed by atoms with Gasteiger partial charge in [0.25, 0.3) is 5.91 Å². The Labute approximate surface area is 124 Å². The maximum absolute atomic E-state index is 11.9. The van der Waals surface area contributed by atoms with E-state index in [1.165, 1.54) is 25.2 Å².